The van der Waals surface area contributed by atoms with Crippen LogP contribution in [-0.4, -0.2) is 0 Å². The van der Waals surface area contributed by atoms with Crippen LogP contribution in [0.15, 0.2) is 0 Å². The van der Waals surface area contributed by atoms with Crippen LogP contribution in [0.2, 0.25) is 0 Å². The molecule has 1 aliphatic rings. The van der Waals surface area contributed by atoms with E-state index in [1.54, 1.807) is 12.8 Å². The molecule has 0 unspecified atom stereocenters. The predicted molar refractivity (Wildman–Crippen MR) is 92.2 cm³/mol. The Balaban J connectivity index is 2.39. The highest BCUT2D eigenvalue weighted by molar-refractivity contribution is 4.85. The Morgan fingerprint density at radius 1 is 0.700 bits per heavy atom. The second-order valence-electron chi connectivity index (χ2n) is 7.50. The van der Waals surface area contributed by atoms with Gasteiger partial charge < -0.3 is 0 Å². The minimum atomic E-state index is 0.757. The van der Waals surface area contributed by atoms with Gasteiger partial charge >= 0.3 is 0 Å². The van der Waals surface area contributed by atoms with Crippen molar-refractivity contribution in [2.75, 3.05) is 0 Å². The Morgan fingerprint density at radius 3 is 1.65 bits per heavy atom. The smallest absolute Gasteiger partial charge is 0.0297 e. The summed E-state index contributed by atoms with van der Waals surface area (Å²) in [7, 11) is 0. The second-order valence-corrected chi connectivity index (χ2v) is 7.50. The summed E-state index contributed by atoms with van der Waals surface area (Å²) < 4.78 is 0. The number of hydrogen-bond acceptors (Lipinski definition) is 0. The average Bonchev–Trinajstić information content (AvgIpc) is 2.47. The van der Waals surface area contributed by atoms with E-state index in [0.29, 0.717) is 0 Å². The summed E-state index contributed by atoms with van der Waals surface area (Å²) in [6, 6.07) is 0. The van der Waals surface area contributed by atoms with Gasteiger partial charge in [0.05, 0.1) is 0 Å². The zero-order valence-corrected chi connectivity index (χ0v) is 14.7. The van der Waals surface area contributed by atoms with E-state index in [9.17, 15) is 0 Å². The van der Waals surface area contributed by atoms with Crippen molar-refractivity contribution in [1.82, 2.24) is 0 Å². The SMILES string of the molecule is CCCCCC1(CCCCC)CCC(CCCC)CC1. The first-order valence-electron chi connectivity index (χ1n) is 9.76. The molecule has 0 heterocycles. The molecule has 1 saturated carbocycles. The van der Waals surface area contributed by atoms with Gasteiger partial charge in [-0.3, -0.25) is 0 Å². The van der Waals surface area contributed by atoms with Crippen molar-refractivity contribution in [3.63, 3.8) is 0 Å². The number of rotatable bonds is 11. The molecule has 1 rings (SSSR count). The van der Waals surface area contributed by atoms with Gasteiger partial charge in [-0.1, -0.05) is 78.6 Å². The molecule has 120 valence electrons. The third-order valence-electron chi connectivity index (χ3n) is 5.75. The topological polar surface area (TPSA) is 0 Å². The lowest BCUT2D eigenvalue weighted by Crippen LogP contribution is -2.28. The fourth-order valence-corrected chi connectivity index (χ4v) is 4.20. The normalized spacial score (nSPS) is 19.4. The fraction of sp³-hybridized carbons (Fsp3) is 1.00. The average molecular weight is 281 g/mol. The highest BCUT2D eigenvalue weighted by atomic mass is 14.4. The Bertz CT molecular complexity index is 198. The van der Waals surface area contributed by atoms with E-state index in [0.717, 1.165) is 11.3 Å². The highest BCUT2D eigenvalue weighted by Gasteiger charge is 2.33. The first-order valence-corrected chi connectivity index (χ1v) is 9.76. The van der Waals surface area contributed by atoms with Gasteiger partial charge in [-0.15, -0.1) is 0 Å². The molecule has 0 saturated heterocycles. The Kier molecular flexibility index (Phi) is 9.65. The van der Waals surface area contributed by atoms with Crippen molar-refractivity contribution in [2.45, 2.75) is 117 Å². The van der Waals surface area contributed by atoms with E-state index in [2.05, 4.69) is 20.8 Å². The third kappa shape index (κ3) is 6.64. The number of unbranched alkanes of at least 4 members (excludes halogenated alkanes) is 5. The van der Waals surface area contributed by atoms with E-state index in [1.165, 1.54) is 83.5 Å². The van der Waals surface area contributed by atoms with Gasteiger partial charge in [0.15, 0.2) is 0 Å². The Hall–Kier alpha value is 0. The van der Waals surface area contributed by atoms with Crippen molar-refractivity contribution < 1.29 is 0 Å². The summed E-state index contributed by atoms with van der Waals surface area (Å²) in [5, 5.41) is 0. The largest absolute Gasteiger partial charge is 0.0654 e. The molecule has 0 aromatic rings. The maximum absolute atomic E-state index is 2.34. The van der Waals surface area contributed by atoms with Gasteiger partial charge in [-0.2, -0.15) is 0 Å². The standard InChI is InChI=1S/C20H40/c1-4-7-10-15-20(16-11-8-5-2)17-13-19(14-18-20)12-9-6-3/h19H,4-18H2,1-3H3. The molecule has 0 aromatic heterocycles. The lowest BCUT2D eigenvalue weighted by atomic mass is 9.65. The maximum Gasteiger partial charge on any atom is -0.0297 e. The van der Waals surface area contributed by atoms with Crippen molar-refractivity contribution >= 4 is 0 Å². The third-order valence-corrected chi connectivity index (χ3v) is 5.75. The predicted octanol–water partition coefficient (Wildman–Crippen LogP) is 7.51. The molecule has 1 fully saturated rings. The first kappa shape index (κ1) is 18.1. The van der Waals surface area contributed by atoms with Gasteiger partial charge in [0, 0.05) is 0 Å². The maximum atomic E-state index is 2.34. The van der Waals surface area contributed by atoms with E-state index in [4.69, 9.17) is 0 Å². The molecule has 0 N–H and O–H groups in total. The van der Waals surface area contributed by atoms with Gasteiger partial charge in [0.1, 0.15) is 0 Å². The summed E-state index contributed by atoms with van der Waals surface area (Å²) in [5.41, 5.74) is 0.757. The molecule has 0 aliphatic heterocycles. The van der Waals surface area contributed by atoms with E-state index in [-0.39, 0.29) is 0 Å². The van der Waals surface area contributed by atoms with Crippen LogP contribution in [0.5, 0.6) is 0 Å². The molecule has 0 spiro atoms. The lowest BCUT2D eigenvalue weighted by molar-refractivity contribution is 0.112. The molecule has 0 aromatic carbocycles. The molecule has 0 nitrogen and oxygen atoms in total. The minimum absolute atomic E-state index is 0.757. The highest BCUT2D eigenvalue weighted by Crippen LogP contribution is 2.47. The quantitative estimate of drug-likeness (QED) is 0.343. The molecule has 0 atom stereocenters. The summed E-state index contributed by atoms with van der Waals surface area (Å²) in [6.45, 7) is 7.01. The summed E-state index contributed by atoms with van der Waals surface area (Å²) in [4.78, 5) is 0. The lowest BCUT2D eigenvalue weighted by Gasteiger charge is -2.41. The van der Waals surface area contributed by atoms with Crippen LogP contribution in [0.25, 0.3) is 0 Å². The Labute approximate surface area is 129 Å². The molecule has 0 amide bonds. The summed E-state index contributed by atoms with van der Waals surface area (Å²) >= 11 is 0. The van der Waals surface area contributed by atoms with Crippen molar-refractivity contribution in [2.24, 2.45) is 11.3 Å². The molecule has 20 heavy (non-hydrogen) atoms. The van der Waals surface area contributed by atoms with E-state index in [1.807, 2.05) is 0 Å². The molecular weight excluding hydrogens is 240 g/mol. The molecule has 1 aliphatic carbocycles. The van der Waals surface area contributed by atoms with E-state index < -0.39 is 0 Å². The van der Waals surface area contributed by atoms with Gasteiger partial charge in [0.2, 0.25) is 0 Å². The molecule has 0 radical (unpaired) electrons. The minimum Gasteiger partial charge on any atom is -0.0654 e. The zero-order valence-electron chi connectivity index (χ0n) is 14.7. The van der Waals surface area contributed by atoms with Gasteiger partial charge in [-0.05, 0) is 49.9 Å². The van der Waals surface area contributed by atoms with Crippen molar-refractivity contribution in [3.05, 3.63) is 0 Å². The van der Waals surface area contributed by atoms with Crippen molar-refractivity contribution in [1.29, 1.82) is 0 Å². The summed E-state index contributed by atoms with van der Waals surface area (Å²) in [6.07, 6.45) is 22.2. The van der Waals surface area contributed by atoms with Crippen LogP contribution in [0.1, 0.15) is 117 Å². The second kappa shape index (κ2) is 10.7. The van der Waals surface area contributed by atoms with Gasteiger partial charge in [-0.25, -0.2) is 0 Å². The van der Waals surface area contributed by atoms with Crippen LogP contribution in [0.4, 0.5) is 0 Å². The Morgan fingerprint density at radius 2 is 1.20 bits per heavy atom. The van der Waals surface area contributed by atoms with Crippen LogP contribution in [-0.2, 0) is 0 Å². The number of hydrogen-bond donors (Lipinski definition) is 0. The molecule has 0 bridgehead atoms. The molecule has 0 heteroatoms. The van der Waals surface area contributed by atoms with Crippen LogP contribution >= 0.6 is 0 Å². The summed E-state index contributed by atoms with van der Waals surface area (Å²) in [5.74, 6) is 1.07. The molecular formula is C20H40. The monoisotopic (exact) mass is 280 g/mol. The van der Waals surface area contributed by atoms with Crippen LogP contribution in [0.3, 0.4) is 0 Å². The van der Waals surface area contributed by atoms with Crippen LogP contribution in [0, 0.1) is 11.3 Å². The fourth-order valence-electron chi connectivity index (χ4n) is 4.20. The van der Waals surface area contributed by atoms with Crippen LogP contribution < -0.4 is 0 Å². The van der Waals surface area contributed by atoms with Crippen molar-refractivity contribution in [3.8, 4) is 0 Å². The van der Waals surface area contributed by atoms with Gasteiger partial charge in [0.25, 0.3) is 0 Å². The zero-order chi connectivity index (χ0) is 14.7. The first-order chi connectivity index (χ1) is 9.76. The van der Waals surface area contributed by atoms with E-state index >= 15 is 0 Å².